The molecule has 0 atom stereocenters. The number of nitrogens with two attached hydrogens (primary N) is 1. The number of nitrogen functional groups attached to an aromatic ring is 1. The molecule has 0 saturated heterocycles. The highest BCUT2D eigenvalue weighted by Gasteiger charge is 2.23. The lowest BCUT2D eigenvalue weighted by Crippen LogP contribution is -2.12. The predicted molar refractivity (Wildman–Crippen MR) is 158 cm³/mol. The van der Waals surface area contributed by atoms with E-state index in [0.29, 0.717) is 38.0 Å². The number of rotatable bonds is 6. The third-order valence-electron chi connectivity index (χ3n) is 6.57. The Balaban J connectivity index is 1.53. The monoisotopic (exact) mass is 532 g/mol. The van der Waals surface area contributed by atoms with E-state index >= 15 is 0 Å². The van der Waals surface area contributed by atoms with Gasteiger partial charge in [-0.2, -0.15) is 0 Å². The molecule has 3 aromatic carbocycles. The summed E-state index contributed by atoms with van der Waals surface area (Å²) in [6.45, 7) is 0. The number of ether oxygens (including phenoxy) is 2. The molecule has 39 heavy (non-hydrogen) atoms. The van der Waals surface area contributed by atoms with Crippen molar-refractivity contribution in [2.45, 2.75) is 0 Å². The van der Waals surface area contributed by atoms with Crippen LogP contribution in [0.15, 0.2) is 91.1 Å². The number of amides is 1. The third-order valence-corrected chi connectivity index (χ3v) is 7.67. The van der Waals surface area contributed by atoms with Crippen molar-refractivity contribution < 1.29 is 14.3 Å². The molecule has 8 heteroatoms. The molecule has 0 aliphatic rings. The second-order valence-corrected chi connectivity index (χ2v) is 9.84. The van der Waals surface area contributed by atoms with Crippen molar-refractivity contribution in [3.8, 4) is 33.9 Å². The molecule has 3 aromatic heterocycles. The first-order chi connectivity index (χ1) is 19.1. The number of hydrogen-bond acceptors (Lipinski definition) is 7. The number of nitrogens with zero attached hydrogens (tertiary/aromatic N) is 2. The smallest absolute Gasteiger partial charge is 0.267 e. The molecule has 7 nitrogen and oxygen atoms in total. The van der Waals surface area contributed by atoms with E-state index in [0.717, 1.165) is 33.3 Å². The molecule has 0 spiro atoms. The lowest BCUT2D eigenvalue weighted by Gasteiger charge is -2.13. The summed E-state index contributed by atoms with van der Waals surface area (Å²) in [5.41, 5.74) is 11.9. The predicted octanol–water partition coefficient (Wildman–Crippen LogP) is 7.03. The van der Waals surface area contributed by atoms with E-state index in [-0.39, 0.29) is 5.91 Å². The van der Waals surface area contributed by atoms with Gasteiger partial charge in [0.2, 0.25) is 0 Å². The molecule has 0 saturated carbocycles. The molecular weight excluding hydrogens is 508 g/mol. The minimum Gasteiger partial charge on any atom is -0.497 e. The van der Waals surface area contributed by atoms with Crippen molar-refractivity contribution >= 4 is 49.7 Å². The van der Waals surface area contributed by atoms with Gasteiger partial charge >= 0.3 is 0 Å². The number of thiophene rings is 1. The molecule has 0 aliphatic heterocycles. The van der Waals surface area contributed by atoms with Crippen molar-refractivity contribution in [1.82, 2.24) is 9.97 Å². The van der Waals surface area contributed by atoms with Crippen LogP contribution in [-0.4, -0.2) is 30.1 Å². The van der Waals surface area contributed by atoms with Gasteiger partial charge in [-0.05, 0) is 48.0 Å². The van der Waals surface area contributed by atoms with Gasteiger partial charge in [0.1, 0.15) is 21.2 Å². The van der Waals surface area contributed by atoms with Crippen molar-refractivity contribution in [2.75, 3.05) is 25.3 Å². The summed E-state index contributed by atoms with van der Waals surface area (Å²) in [5, 5.41) is 4.58. The van der Waals surface area contributed by atoms with E-state index in [1.807, 2.05) is 84.9 Å². The van der Waals surface area contributed by atoms with Gasteiger partial charge in [-0.25, -0.2) is 4.98 Å². The summed E-state index contributed by atoms with van der Waals surface area (Å²) >= 11 is 1.27. The molecule has 0 aliphatic carbocycles. The minimum absolute atomic E-state index is 0.305. The van der Waals surface area contributed by atoms with Crippen molar-refractivity contribution in [2.24, 2.45) is 0 Å². The second-order valence-electron chi connectivity index (χ2n) is 8.84. The lowest BCUT2D eigenvalue weighted by molar-refractivity contribution is 0.103. The van der Waals surface area contributed by atoms with Crippen LogP contribution in [0.2, 0.25) is 0 Å². The zero-order chi connectivity index (χ0) is 26.9. The number of nitrogens with one attached hydrogen (secondary N) is 1. The zero-order valence-corrected chi connectivity index (χ0v) is 22.1. The molecule has 6 aromatic rings. The Morgan fingerprint density at radius 3 is 2.54 bits per heavy atom. The van der Waals surface area contributed by atoms with Crippen LogP contribution in [0.3, 0.4) is 0 Å². The van der Waals surface area contributed by atoms with Crippen LogP contribution in [-0.2, 0) is 0 Å². The fourth-order valence-electron chi connectivity index (χ4n) is 4.67. The largest absolute Gasteiger partial charge is 0.497 e. The SMILES string of the molecule is COc1ccc(-c2cc(-c3ccccc3)nc3sc(C(=O)Nc4cccc5ncccc45)c(N)c23)c(OC)c1. The summed E-state index contributed by atoms with van der Waals surface area (Å²) in [7, 11) is 3.23. The Bertz CT molecular complexity index is 1850. The summed E-state index contributed by atoms with van der Waals surface area (Å²) < 4.78 is 11.1. The summed E-state index contributed by atoms with van der Waals surface area (Å²) in [6.07, 6.45) is 1.73. The van der Waals surface area contributed by atoms with Crippen molar-refractivity contribution in [1.29, 1.82) is 0 Å². The fraction of sp³-hybridized carbons (Fsp3) is 0.0645. The third kappa shape index (κ3) is 4.41. The van der Waals surface area contributed by atoms with Gasteiger partial charge < -0.3 is 20.5 Å². The highest BCUT2D eigenvalue weighted by molar-refractivity contribution is 7.21. The summed E-state index contributed by atoms with van der Waals surface area (Å²) in [5.74, 6) is 0.994. The molecule has 192 valence electrons. The fourth-order valence-corrected chi connectivity index (χ4v) is 5.69. The molecule has 0 bridgehead atoms. The van der Waals surface area contributed by atoms with Crippen LogP contribution in [0, 0.1) is 0 Å². The van der Waals surface area contributed by atoms with Crippen LogP contribution in [0.25, 0.3) is 43.5 Å². The van der Waals surface area contributed by atoms with E-state index < -0.39 is 0 Å². The molecule has 0 radical (unpaired) electrons. The van der Waals surface area contributed by atoms with Crippen molar-refractivity contribution in [3.63, 3.8) is 0 Å². The number of carbonyl (C=O) groups is 1. The summed E-state index contributed by atoms with van der Waals surface area (Å²) in [6, 6.07) is 26.9. The highest BCUT2D eigenvalue weighted by atomic mass is 32.1. The Labute approximate surface area is 228 Å². The first kappa shape index (κ1) is 24.4. The van der Waals surface area contributed by atoms with E-state index in [4.69, 9.17) is 20.2 Å². The van der Waals surface area contributed by atoms with Gasteiger partial charge in [0.25, 0.3) is 5.91 Å². The Kier molecular flexibility index (Phi) is 6.30. The average Bonchev–Trinajstić information content (AvgIpc) is 3.33. The van der Waals surface area contributed by atoms with Gasteiger partial charge in [-0.3, -0.25) is 9.78 Å². The van der Waals surface area contributed by atoms with Gasteiger partial charge in [0.15, 0.2) is 0 Å². The standard InChI is InChI=1S/C31H24N4O3S/c1-37-19-13-14-20(26(16-19)38-2)22-17-25(18-8-4-3-5-9-18)35-31-27(22)28(32)29(39-31)30(36)34-24-12-6-11-23-21(24)10-7-15-33-23/h3-17H,32H2,1-2H3,(H,34,36). The zero-order valence-electron chi connectivity index (χ0n) is 21.3. The first-order valence-electron chi connectivity index (χ1n) is 12.2. The molecular formula is C31H24N4O3S. The van der Waals surface area contributed by atoms with Gasteiger partial charge in [-0.1, -0.05) is 36.4 Å². The number of anilines is 2. The van der Waals surface area contributed by atoms with Crippen LogP contribution in [0.5, 0.6) is 11.5 Å². The Morgan fingerprint density at radius 1 is 0.897 bits per heavy atom. The molecule has 3 heterocycles. The topological polar surface area (TPSA) is 99.4 Å². The maximum Gasteiger partial charge on any atom is 0.267 e. The van der Waals surface area contributed by atoms with Crippen LogP contribution in [0.1, 0.15) is 9.67 Å². The molecule has 6 rings (SSSR count). The molecule has 0 fully saturated rings. The minimum atomic E-state index is -0.305. The number of hydrogen-bond donors (Lipinski definition) is 2. The maximum atomic E-state index is 13.6. The Hall–Kier alpha value is -4.95. The van der Waals surface area contributed by atoms with Crippen LogP contribution in [0.4, 0.5) is 11.4 Å². The number of pyridine rings is 2. The molecule has 0 unspecified atom stereocenters. The highest BCUT2D eigenvalue weighted by Crippen LogP contribution is 2.44. The van der Waals surface area contributed by atoms with Crippen LogP contribution < -0.4 is 20.5 Å². The number of benzene rings is 3. The van der Waals surface area contributed by atoms with E-state index in [1.165, 1.54) is 11.3 Å². The van der Waals surface area contributed by atoms with Gasteiger partial charge in [-0.15, -0.1) is 11.3 Å². The van der Waals surface area contributed by atoms with E-state index in [1.54, 1.807) is 20.4 Å². The number of fused-ring (bicyclic) bond motifs is 2. The second kappa shape index (κ2) is 10.1. The van der Waals surface area contributed by atoms with Gasteiger partial charge in [0.05, 0.1) is 36.8 Å². The quantitative estimate of drug-likeness (QED) is 0.239. The lowest BCUT2D eigenvalue weighted by atomic mass is 9.98. The van der Waals surface area contributed by atoms with E-state index in [9.17, 15) is 4.79 Å². The Morgan fingerprint density at radius 2 is 1.74 bits per heavy atom. The normalized spacial score (nSPS) is 11.0. The average molecular weight is 533 g/mol. The van der Waals surface area contributed by atoms with E-state index in [2.05, 4.69) is 10.3 Å². The number of aromatic nitrogens is 2. The van der Waals surface area contributed by atoms with Crippen LogP contribution >= 0.6 is 11.3 Å². The summed E-state index contributed by atoms with van der Waals surface area (Å²) in [4.78, 5) is 23.9. The molecule has 1 amide bonds. The molecule has 3 N–H and O–H groups in total. The number of carbonyl (C=O) groups excluding carboxylic acids is 1. The van der Waals surface area contributed by atoms with Crippen molar-refractivity contribution in [3.05, 3.63) is 96.0 Å². The van der Waals surface area contributed by atoms with Gasteiger partial charge in [0, 0.05) is 34.2 Å². The first-order valence-corrected chi connectivity index (χ1v) is 13.0. The maximum absolute atomic E-state index is 13.6. The number of methoxy groups -OCH3 is 2.